The van der Waals surface area contributed by atoms with Crippen molar-refractivity contribution in [3.8, 4) is 11.1 Å². The van der Waals surface area contributed by atoms with E-state index in [2.05, 4.69) is 4.98 Å². The van der Waals surface area contributed by atoms with Crippen LogP contribution in [0.25, 0.3) is 21.3 Å². The van der Waals surface area contributed by atoms with Crippen molar-refractivity contribution in [2.45, 2.75) is 32.5 Å². The van der Waals surface area contributed by atoms with Crippen LogP contribution in [0.2, 0.25) is 5.02 Å². The van der Waals surface area contributed by atoms with Crippen LogP contribution in [0.3, 0.4) is 0 Å². The van der Waals surface area contributed by atoms with Crippen molar-refractivity contribution >= 4 is 39.1 Å². The van der Waals surface area contributed by atoms with E-state index in [0.29, 0.717) is 21.7 Å². The maximum atomic E-state index is 14.0. The molecule has 5 nitrogen and oxygen atoms in total. The van der Waals surface area contributed by atoms with Crippen LogP contribution < -0.4 is 5.56 Å². The van der Waals surface area contributed by atoms with Crippen molar-refractivity contribution in [1.29, 1.82) is 0 Å². The number of benzene rings is 1. The highest BCUT2D eigenvalue weighted by atomic mass is 35.5. The van der Waals surface area contributed by atoms with Gasteiger partial charge >= 0.3 is 0 Å². The number of halogens is 2. The van der Waals surface area contributed by atoms with Crippen LogP contribution in [-0.4, -0.2) is 39.1 Å². The lowest BCUT2D eigenvalue weighted by molar-refractivity contribution is -0.146. The SMILES string of the molecule is CCC1(F)CN(C(=O)Cn2cnc3scc(-c4ccc(Cl)c(C)c4)c3c2=O)C1. The number of alkyl halides is 1. The molecule has 2 aromatic heterocycles. The molecule has 0 N–H and O–H groups in total. The van der Waals surface area contributed by atoms with Crippen molar-refractivity contribution in [3.05, 3.63) is 50.8 Å². The number of aromatic nitrogens is 2. The van der Waals surface area contributed by atoms with Gasteiger partial charge in [0.15, 0.2) is 0 Å². The van der Waals surface area contributed by atoms with Crippen molar-refractivity contribution in [3.63, 3.8) is 0 Å². The summed E-state index contributed by atoms with van der Waals surface area (Å²) in [6.45, 7) is 3.70. The van der Waals surface area contributed by atoms with E-state index in [9.17, 15) is 14.0 Å². The maximum Gasteiger partial charge on any atom is 0.263 e. The van der Waals surface area contributed by atoms with Gasteiger partial charge in [-0.1, -0.05) is 24.6 Å². The fourth-order valence-electron chi connectivity index (χ4n) is 3.39. The van der Waals surface area contributed by atoms with Crippen LogP contribution in [-0.2, 0) is 11.3 Å². The number of carbonyl (C=O) groups excluding carboxylic acids is 1. The summed E-state index contributed by atoms with van der Waals surface area (Å²) in [6.07, 6.45) is 1.77. The van der Waals surface area contributed by atoms with Crippen molar-refractivity contribution in [2.75, 3.05) is 13.1 Å². The van der Waals surface area contributed by atoms with Gasteiger partial charge in [-0.25, -0.2) is 9.37 Å². The number of carbonyl (C=O) groups is 1. The number of amides is 1. The van der Waals surface area contributed by atoms with Gasteiger partial charge in [-0.05, 0) is 36.6 Å². The first-order valence-corrected chi connectivity index (χ1v) is 10.3. The molecule has 4 rings (SSSR count). The molecule has 1 aliphatic rings. The number of fused-ring (bicyclic) bond motifs is 1. The number of hydrogen-bond donors (Lipinski definition) is 0. The van der Waals surface area contributed by atoms with Gasteiger partial charge in [0.25, 0.3) is 5.56 Å². The Bertz CT molecular complexity index is 1130. The number of likely N-dealkylation sites (tertiary alicyclic amines) is 1. The molecule has 1 saturated heterocycles. The van der Waals surface area contributed by atoms with E-state index < -0.39 is 5.67 Å². The Morgan fingerprint density at radius 2 is 2.14 bits per heavy atom. The molecular weight excluding hydrogens is 401 g/mol. The Kier molecular flexibility index (Phi) is 4.75. The van der Waals surface area contributed by atoms with Crippen LogP contribution >= 0.6 is 22.9 Å². The predicted octanol–water partition coefficient (Wildman–Crippen LogP) is 4.05. The first kappa shape index (κ1) is 19.1. The van der Waals surface area contributed by atoms with Gasteiger partial charge in [-0.15, -0.1) is 11.3 Å². The summed E-state index contributed by atoms with van der Waals surface area (Å²) in [5.74, 6) is -0.274. The normalized spacial score (nSPS) is 15.6. The van der Waals surface area contributed by atoms with Gasteiger partial charge in [0, 0.05) is 16.0 Å². The minimum absolute atomic E-state index is 0.0838. The lowest BCUT2D eigenvalue weighted by Crippen LogP contribution is -2.61. The molecule has 0 saturated carbocycles. The van der Waals surface area contributed by atoms with Crippen LogP contribution in [0.5, 0.6) is 0 Å². The number of rotatable bonds is 4. The third-order valence-electron chi connectivity index (χ3n) is 5.27. The minimum Gasteiger partial charge on any atom is -0.335 e. The average Bonchev–Trinajstić information content (AvgIpc) is 3.08. The zero-order valence-corrected chi connectivity index (χ0v) is 17.1. The van der Waals surface area contributed by atoms with E-state index in [-0.39, 0.29) is 31.1 Å². The van der Waals surface area contributed by atoms with Crippen LogP contribution in [0, 0.1) is 6.92 Å². The first-order chi connectivity index (χ1) is 13.3. The molecule has 1 aliphatic heterocycles. The molecular formula is C20H19ClFN3O2S. The Balaban J connectivity index is 1.66. The zero-order chi connectivity index (χ0) is 20.1. The highest BCUT2D eigenvalue weighted by molar-refractivity contribution is 7.17. The number of nitrogens with zero attached hydrogens (tertiary/aromatic N) is 3. The zero-order valence-electron chi connectivity index (χ0n) is 15.5. The van der Waals surface area contributed by atoms with Crippen molar-refractivity contribution < 1.29 is 9.18 Å². The summed E-state index contributed by atoms with van der Waals surface area (Å²) in [7, 11) is 0. The lowest BCUT2D eigenvalue weighted by Gasteiger charge is -2.44. The molecule has 0 unspecified atom stereocenters. The Hall–Kier alpha value is -2.25. The second-order valence-electron chi connectivity index (χ2n) is 7.23. The van der Waals surface area contributed by atoms with Gasteiger partial charge in [-0.2, -0.15) is 0 Å². The molecule has 0 atom stereocenters. The predicted molar refractivity (Wildman–Crippen MR) is 110 cm³/mol. The quantitative estimate of drug-likeness (QED) is 0.641. The molecule has 0 spiro atoms. The molecule has 8 heteroatoms. The second-order valence-corrected chi connectivity index (χ2v) is 8.49. The molecule has 0 bridgehead atoms. The smallest absolute Gasteiger partial charge is 0.263 e. The molecule has 1 fully saturated rings. The third-order valence-corrected chi connectivity index (χ3v) is 6.58. The molecule has 0 aliphatic carbocycles. The second kappa shape index (κ2) is 6.97. The van der Waals surface area contributed by atoms with E-state index in [0.717, 1.165) is 16.7 Å². The summed E-state index contributed by atoms with van der Waals surface area (Å²) < 4.78 is 15.3. The van der Waals surface area contributed by atoms with Gasteiger partial charge < -0.3 is 4.90 Å². The van der Waals surface area contributed by atoms with Crippen LogP contribution in [0.1, 0.15) is 18.9 Å². The number of thiophene rings is 1. The highest BCUT2D eigenvalue weighted by Gasteiger charge is 2.44. The summed E-state index contributed by atoms with van der Waals surface area (Å²) in [6, 6.07) is 5.59. The fourth-order valence-corrected chi connectivity index (χ4v) is 4.41. The van der Waals surface area contributed by atoms with Crippen molar-refractivity contribution in [2.24, 2.45) is 0 Å². The molecule has 3 heterocycles. The maximum absolute atomic E-state index is 14.0. The van der Waals surface area contributed by atoms with E-state index >= 15 is 0 Å². The highest BCUT2D eigenvalue weighted by Crippen LogP contribution is 2.33. The molecule has 1 aromatic carbocycles. The van der Waals surface area contributed by atoms with Crippen LogP contribution in [0.4, 0.5) is 4.39 Å². The largest absolute Gasteiger partial charge is 0.335 e. The first-order valence-electron chi connectivity index (χ1n) is 9.01. The summed E-state index contributed by atoms with van der Waals surface area (Å²) in [5, 5.41) is 3.04. The molecule has 1 amide bonds. The van der Waals surface area contributed by atoms with E-state index in [1.54, 1.807) is 13.0 Å². The third kappa shape index (κ3) is 3.22. The Morgan fingerprint density at radius 3 is 2.82 bits per heavy atom. The van der Waals surface area contributed by atoms with E-state index in [1.807, 2.05) is 24.4 Å². The fraction of sp³-hybridized carbons (Fsp3) is 0.350. The van der Waals surface area contributed by atoms with E-state index in [4.69, 9.17) is 11.6 Å². The van der Waals surface area contributed by atoms with E-state index in [1.165, 1.54) is 27.1 Å². The monoisotopic (exact) mass is 419 g/mol. The van der Waals surface area contributed by atoms with Gasteiger partial charge in [0.2, 0.25) is 5.91 Å². The van der Waals surface area contributed by atoms with Gasteiger partial charge in [0.05, 0.1) is 24.8 Å². The molecule has 0 radical (unpaired) electrons. The molecule has 146 valence electrons. The van der Waals surface area contributed by atoms with Gasteiger partial charge in [0.1, 0.15) is 17.0 Å². The summed E-state index contributed by atoms with van der Waals surface area (Å²) in [4.78, 5) is 31.9. The summed E-state index contributed by atoms with van der Waals surface area (Å²) >= 11 is 7.49. The van der Waals surface area contributed by atoms with Crippen LogP contribution in [0.15, 0.2) is 34.7 Å². The molecule has 3 aromatic rings. The minimum atomic E-state index is -1.30. The topological polar surface area (TPSA) is 55.2 Å². The molecule has 28 heavy (non-hydrogen) atoms. The van der Waals surface area contributed by atoms with Gasteiger partial charge in [-0.3, -0.25) is 14.2 Å². The average molecular weight is 420 g/mol. The number of aryl methyl sites for hydroxylation is 1. The lowest BCUT2D eigenvalue weighted by atomic mass is 9.93. The Morgan fingerprint density at radius 1 is 1.39 bits per heavy atom. The van der Waals surface area contributed by atoms with Crippen molar-refractivity contribution in [1.82, 2.24) is 14.5 Å². The Labute approximate surface area is 170 Å². The summed E-state index contributed by atoms with van der Waals surface area (Å²) in [5.41, 5.74) is 1.00. The standard InChI is InChI=1S/C20H19ClFN3O2S/c1-3-20(22)9-25(10-20)16(26)7-24-11-23-18-17(19(24)27)14(8-28-18)13-4-5-15(21)12(2)6-13/h4-6,8,11H,3,7,9-10H2,1-2H3. The number of hydrogen-bond acceptors (Lipinski definition) is 4.